The fourth-order valence-electron chi connectivity index (χ4n) is 12.6. The Morgan fingerprint density at radius 1 is 0.216 bits per heavy atom. The Hall–Kier alpha value is -11.2. The van der Waals surface area contributed by atoms with Crippen molar-refractivity contribution in [3.05, 3.63) is 273 Å². The molecule has 0 unspecified atom stereocenters. The van der Waals surface area contributed by atoms with Crippen molar-refractivity contribution in [3.63, 3.8) is 0 Å². The predicted octanol–water partition coefficient (Wildman–Crippen LogP) is 22.2. The van der Waals surface area contributed by atoms with Gasteiger partial charge < -0.3 is 8.83 Å². The summed E-state index contributed by atoms with van der Waals surface area (Å²) in [6, 6.07) is 95.8. The summed E-state index contributed by atoms with van der Waals surface area (Å²) >= 11 is 3.59. The van der Waals surface area contributed by atoms with E-state index in [1.54, 1.807) is 11.3 Å². The largest absolute Gasteiger partial charge is 0.456 e. The highest BCUT2D eigenvalue weighted by Gasteiger charge is 2.19. The molecule has 0 saturated carbocycles. The Labute approximate surface area is 511 Å². The molecule has 18 aromatic rings. The zero-order valence-electron chi connectivity index (χ0n) is 46.8. The van der Waals surface area contributed by atoms with Crippen LogP contribution in [-0.4, -0.2) is 24.9 Å². The van der Waals surface area contributed by atoms with Gasteiger partial charge in [-0.2, -0.15) is 0 Å². The second-order valence-electron chi connectivity index (χ2n) is 22.3. The average molecular weight is 1160 g/mol. The fourth-order valence-corrected chi connectivity index (χ4v) is 15.0. The Morgan fingerprint density at radius 2 is 0.614 bits per heavy atom. The van der Waals surface area contributed by atoms with Crippen molar-refractivity contribution < 1.29 is 8.83 Å². The number of hydrogen-bond acceptors (Lipinski definition) is 9. The van der Waals surface area contributed by atoms with Crippen LogP contribution in [0, 0.1) is 0 Å². The van der Waals surface area contributed by atoms with Crippen LogP contribution in [0.5, 0.6) is 0 Å². The molecule has 9 heteroatoms. The van der Waals surface area contributed by atoms with Crippen molar-refractivity contribution in [2.45, 2.75) is 0 Å². The molecule has 7 nitrogen and oxygen atoms in total. The van der Waals surface area contributed by atoms with Crippen molar-refractivity contribution in [3.8, 4) is 101 Å². The molecule has 0 fully saturated rings. The molecule has 6 aromatic heterocycles. The molecule has 6 heterocycles. The third kappa shape index (κ3) is 8.58. The highest BCUT2D eigenvalue weighted by molar-refractivity contribution is 7.26. The van der Waals surface area contributed by atoms with E-state index in [0.29, 0.717) is 23.3 Å². The Balaban J connectivity index is 0.663. The van der Waals surface area contributed by atoms with Gasteiger partial charge in [-0.15, -0.1) is 22.7 Å². The molecule has 0 bridgehead atoms. The molecule has 0 amide bonds. The molecular formula is C79H45N5O2S2. The summed E-state index contributed by atoms with van der Waals surface area (Å²) in [4.78, 5) is 26.0. The highest BCUT2D eigenvalue weighted by Crippen LogP contribution is 2.44. The molecule has 0 N–H and O–H groups in total. The first-order valence-corrected chi connectivity index (χ1v) is 30.9. The van der Waals surface area contributed by atoms with Gasteiger partial charge >= 0.3 is 0 Å². The summed E-state index contributed by atoms with van der Waals surface area (Å²) in [7, 11) is 0. The van der Waals surface area contributed by atoms with E-state index in [2.05, 4.69) is 212 Å². The lowest BCUT2D eigenvalue weighted by molar-refractivity contribution is 0.668. The summed E-state index contributed by atoms with van der Waals surface area (Å²) in [6.45, 7) is 0. The Morgan fingerprint density at radius 3 is 1.32 bits per heavy atom. The molecule has 410 valence electrons. The SMILES string of the molecule is c1ccc(-c2cc(-c3ccc4c(c3)sc3cc(-c5cccc6oc7ccccc7c56)ccc34)nc(-c3ccc(-c4cccc(-c5nc(-c6ccccc6)nc(-c6ccc7c(c6)sc6cc(-c8ccc9c(c8)oc8ccccc89)ccc67)n5)c4)cc3)n2)cc1. The smallest absolute Gasteiger partial charge is 0.164 e. The van der Waals surface area contributed by atoms with Gasteiger partial charge in [-0.25, -0.2) is 24.9 Å². The standard InChI is InChI=1S/C79H45N5O2S2/c1-3-13-47(14-4-1)65-45-66(54-32-37-62-61-36-31-53(42-72(61)88-73(62)43-54)57-21-12-24-69-75(57)64-20-8-10-23-68(64)85-69)81-76(80-65)49-27-25-46(26-28-49)50-17-11-18-55(39-50)78-82-77(48-15-5-2-6-16-48)83-79(84-78)56-33-38-63-60-35-30-52(41-71(60)87-74(63)44-56)51-29-34-59-58-19-7-9-22-67(58)86-70(59)40-51/h1-45H. The lowest BCUT2D eigenvalue weighted by Crippen LogP contribution is -2.00. The Bertz CT molecular complexity index is 5830. The van der Waals surface area contributed by atoms with Crippen LogP contribution in [0.25, 0.3) is 186 Å². The van der Waals surface area contributed by atoms with Crippen molar-refractivity contribution in [1.82, 2.24) is 24.9 Å². The van der Waals surface area contributed by atoms with Crippen molar-refractivity contribution in [2.75, 3.05) is 0 Å². The summed E-state index contributed by atoms with van der Waals surface area (Å²) in [6.07, 6.45) is 0. The number of benzene rings is 12. The maximum atomic E-state index is 6.26. The van der Waals surface area contributed by atoms with E-state index < -0.39 is 0 Å². The minimum Gasteiger partial charge on any atom is -0.456 e. The van der Waals surface area contributed by atoms with Crippen LogP contribution in [0.2, 0.25) is 0 Å². The summed E-state index contributed by atoms with van der Waals surface area (Å²) in [5, 5.41) is 9.41. The minimum atomic E-state index is 0.596. The van der Waals surface area contributed by atoms with E-state index >= 15 is 0 Å². The van der Waals surface area contributed by atoms with E-state index in [1.165, 1.54) is 46.8 Å². The molecule has 0 aliphatic rings. The third-order valence-corrected chi connectivity index (χ3v) is 19.2. The van der Waals surface area contributed by atoms with Gasteiger partial charge in [0, 0.05) is 95.3 Å². The predicted molar refractivity (Wildman–Crippen MR) is 365 cm³/mol. The maximum Gasteiger partial charge on any atom is 0.164 e. The quantitative estimate of drug-likeness (QED) is 0.142. The summed E-state index contributed by atoms with van der Waals surface area (Å²) in [5.74, 6) is 2.48. The van der Waals surface area contributed by atoms with Gasteiger partial charge in [0.25, 0.3) is 0 Å². The first-order chi connectivity index (χ1) is 43.5. The van der Waals surface area contributed by atoms with Gasteiger partial charge in [0.2, 0.25) is 0 Å². The van der Waals surface area contributed by atoms with Gasteiger partial charge in [-0.3, -0.25) is 0 Å². The molecular weight excluding hydrogens is 1120 g/mol. The van der Waals surface area contributed by atoms with Gasteiger partial charge in [0.1, 0.15) is 22.3 Å². The average Bonchev–Trinajstić information content (AvgIpc) is 3.81. The van der Waals surface area contributed by atoms with E-state index in [9.17, 15) is 0 Å². The zero-order chi connectivity index (χ0) is 57.8. The van der Waals surface area contributed by atoms with Gasteiger partial charge in [0.15, 0.2) is 23.3 Å². The number of thiophene rings is 2. The lowest BCUT2D eigenvalue weighted by Gasteiger charge is -2.11. The van der Waals surface area contributed by atoms with E-state index in [0.717, 1.165) is 116 Å². The monoisotopic (exact) mass is 1160 g/mol. The van der Waals surface area contributed by atoms with Crippen LogP contribution in [0.1, 0.15) is 0 Å². The third-order valence-electron chi connectivity index (χ3n) is 17.0. The van der Waals surface area contributed by atoms with Crippen LogP contribution in [0.3, 0.4) is 0 Å². The summed E-state index contributed by atoms with van der Waals surface area (Å²) in [5.41, 5.74) is 17.7. The number of rotatable bonds is 9. The normalized spacial score (nSPS) is 11.9. The second kappa shape index (κ2) is 20.2. The molecule has 18 rings (SSSR count). The molecule has 0 aliphatic heterocycles. The summed E-state index contributed by atoms with van der Waals surface area (Å²) < 4.78 is 17.3. The molecule has 0 spiro atoms. The molecule has 0 aliphatic carbocycles. The molecule has 12 aromatic carbocycles. The van der Waals surface area contributed by atoms with Crippen LogP contribution in [0.4, 0.5) is 0 Å². The number of fused-ring (bicyclic) bond motifs is 12. The second-order valence-corrected chi connectivity index (χ2v) is 24.5. The molecule has 0 atom stereocenters. The highest BCUT2D eigenvalue weighted by atomic mass is 32.1. The van der Waals surface area contributed by atoms with Crippen molar-refractivity contribution in [2.24, 2.45) is 0 Å². The first kappa shape index (κ1) is 50.1. The number of nitrogens with zero attached hydrogens (tertiary/aromatic N) is 5. The lowest BCUT2D eigenvalue weighted by atomic mass is 9.98. The number of para-hydroxylation sites is 2. The first-order valence-electron chi connectivity index (χ1n) is 29.2. The number of aromatic nitrogens is 5. The molecule has 0 radical (unpaired) electrons. The van der Waals surface area contributed by atoms with Crippen LogP contribution < -0.4 is 0 Å². The van der Waals surface area contributed by atoms with Crippen molar-refractivity contribution in [1.29, 1.82) is 0 Å². The van der Waals surface area contributed by atoms with Crippen LogP contribution >= 0.6 is 22.7 Å². The Kier molecular flexibility index (Phi) is 11.5. The topological polar surface area (TPSA) is 90.7 Å². The molecule has 0 saturated heterocycles. The van der Waals surface area contributed by atoms with E-state index in [4.69, 9.17) is 33.8 Å². The van der Waals surface area contributed by atoms with Crippen molar-refractivity contribution >= 4 is 107 Å². The van der Waals surface area contributed by atoms with Gasteiger partial charge in [-0.1, -0.05) is 206 Å². The van der Waals surface area contributed by atoms with Crippen LogP contribution in [-0.2, 0) is 0 Å². The van der Waals surface area contributed by atoms with E-state index in [-0.39, 0.29) is 0 Å². The molecule has 88 heavy (non-hydrogen) atoms. The van der Waals surface area contributed by atoms with Crippen LogP contribution in [0.15, 0.2) is 282 Å². The fraction of sp³-hybridized carbons (Fsp3) is 0. The number of furan rings is 2. The van der Waals surface area contributed by atoms with E-state index in [1.807, 2.05) is 72.0 Å². The maximum absolute atomic E-state index is 6.26. The van der Waals surface area contributed by atoms with Gasteiger partial charge in [-0.05, 0) is 100 Å². The number of hydrogen-bond donors (Lipinski definition) is 0. The zero-order valence-corrected chi connectivity index (χ0v) is 48.5. The minimum absolute atomic E-state index is 0.596. The van der Waals surface area contributed by atoms with Gasteiger partial charge in [0.05, 0.1) is 11.4 Å².